The van der Waals surface area contributed by atoms with Crippen molar-refractivity contribution in [3.05, 3.63) is 23.8 Å². The molecule has 0 spiro atoms. The highest BCUT2D eigenvalue weighted by Crippen LogP contribution is 2.28. The zero-order valence-electron chi connectivity index (χ0n) is 9.80. The predicted octanol–water partition coefficient (Wildman–Crippen LogP) is 0.608. The van der Waals surface area contributed by atoms with Gasteiger partial charge < -0.3 is 19.8 Å². The molecular formula is C12H15NO4. The van der Waals surface area contributed by atoms with Gasteiger partial charge in [-0.05, 0) is 25.1 Å². The van der Waals surface area contributed by atoms with Gasteiger partial charge in [0.15, 0.2) is 11.5 Å². The molecule has 1 fully saturated rings. The first kappa shape index (κ1) is 11.7. The van der Waals surface area contributed by atoms with Gasteiger partial charge in [-0.25, -0.2) is 0 Å². The fourth-order valence-corrected chi connectivity index (χ4v) is 1.93. The molecule has 0 bridgehead atoms. The molecule has 0 saturated carbocycles. The SMILES string of the molecule is COc1ccc(C(=O)N2CC(C)(O)C2)cc1O. The minimum atomic E-state index is -0.788. The Morgan fingerprint density at radius 1 is 1.47 bits per heavy atom. The van der Waals surface area contributed by atoms with Gasteiger partial charge in [-0.15, -0.1) is 0 Å². The standard InChI is InChI=1S/C12H15NO4/c1-12(16)6-13(7-12)11(15)8-3-4-10(17-2)9(14)5-8/h3-5,14,16H,6-7H2,1-2H3. The van der Waals surface area contributed by atoms with Crippen molar-refractivity contribution in [1.29, 1.82) is 0 Å². The molecule has 0 aromatic heterocycles. The number of ether oxygens (including phenoxy) is 1. The van der Waals surface area contributed by atoms with Crippen molar-refractivity contribution in [3.8, 4) is 11.5 Å². The van der Waals surface area contributed by atoms with E-state index in [4.69, 9.17) is 4.74 Å². The van der Waals surface area contributed by atoms with E-state index in [1.807, 2.05) is 0 Å². The summed E-state index contributed by atoms with van der Waals surface area (Å²) >= 11 is 0. The van der Waals surface area contributed by atoms with E-state index in [1.165, 1.54) is 18.1 Å². The molecular weight excluding hydrogens is 222 g/mol. The van der Waals surface area contributed by atoms with Crippen LogP contribution in [0.15, 0.2) is 18.2 Å². The molecule has 0 unspecified atom stereocenters. The Bertz CT molecular complexity index is 448. The number of phenols is 1. The van der Waals surface area contributed by atoms with Gasteiger partial charge in [0.25, 0.3) is 5.91 Å². The molecule has 17 heavy (non-hydrogen) atoms. The molecule has 5 heteroatoms. The smallest absolute Gasteiger partial charge is 0.254 e. The molecule has 1 aromatic carbocycles. The zero-order chi connectivity index (χ0) is 12.6. The van der Waals surface area contributed by atoms with Gasteiger partial charge >= 0.3 is 0 Å². The first-order chi connectivity index (χ1) is 7.93. The van der Waals surface area contributed by atoms with E-state index >= 15 is 0 Å². The van der Waals surface area contributed by atoms with Crippen molar-refractivity contribution in [2.24, 2.45) is 0 Å². The van der Waals surface area contributed by atoms with Crippen LogP contribution in [0.4, 0.5) is 0 Å². The highest BCUT2D eigenvalue weighted by atomic mass is 16.5. The number of aromatic hydroxyl groups is 1. The number of benzene rings is 1. The summed E-state index contributed by atoms with van der Waals surface area (Å²) < 4.78 is 4.90. The Hall–Kier alpha value is -1.75. The maximum Gasteiger partial charge on any atom is 0.254 e. The van der Waals surface area contributed by atoms with Gasteiger partial charge in [0.1, 0.15) is 0 Å². The number of carbonyl (C=O) groups excluding carboxylic acids is 1. The van der Waals surface area contributed by atoms with Crippen LogP contribution >= 0.6 is 0 Å². The first-order valence-electron chi connectivity index (χ1n) is 5.31. The second kappa shape index (κ2) is 3.92. The molecule has 2 N–H and O–H groups in total. The number of hydrogen-bond donors (Lipinski definition) is 2. The fraction of sp³-hybridized carbons (Fsp3) is 0.417. The van der Waals surface area contributed by atoms with E-state index < -0.39 is 5.60 Å². The maximum absolute atomic E-state index is 11.9. The van der Waals surface area contributed by atoms with Gasteiger partial charge in [-0.1, -0.05) is 0 Å². The molecule has 1 aliphatic rings. The van der Waals surface area contributed by atoms with Crippen LogP contribution in [0.2, 0.25) is 0 Å². The molecule has 1 aromatic rings. The molecule has 1 saturated heterocycles. The number of hydrogen-bond acceptors (Lipinski definition) is 4. The summed E-state index contributed by atoms with van der Waals surface area (Å²) in [6.45, 7) is 2.32. The normalized spacial score (nSPS) is 17.5. The number of β-amino-alcohol motifs (C(OH)–C–C–N with tert-alkyl or cyclic N) is 1. The van der Waals surface area contributed by atoms with Crippen LogP contribution in [0.5, 0.6) is 11.5 Å². The van der Waals surface area contributed by atoms with E-state index in [0.29, 0.717) is 24.4 Å². The molecule has 2 rings (SSSR count). The van der Waals surface area contributed by atoms with Crippen molar-refractivity contribution >= 4 is 5.91 Å². The lowest BCUT2D eigenvalue weighted by Gasteiger charge is -2.44. The molecule has 0 aliphatic carbocycles. The summed E-state index contributed by atoms with van der Waals surface area (Å²) in [5.41, 5.74) is -0.400. The Labute approximate surface area is 99.2 Å². The average molecular weight is 237 g/mol. The fourth-order valence-electron chi connectivity index (χ4n) is 1.93. The van der Waals surface area contributed by atoms with E-state index in [2.05, 4.69) is 0 Å². The second-order valence-electron chi connectivity index (χ2n) is 4.54. The van der Waals surface area contributed by atoms with Crippen LogP contribution in [0, 0.1) is 0 Å². The Morgan fingerprint density at radius 2 is 2.12 bits per heavy atom. The van der Waals surface area contributed by atoms with Gasteiger partial charge in [0, 0.05) is 5.56 Å². The third-order valence-electron chi connectivity index (χ3n) is 2.78. The van der Waals surface area contributed by atoms with E-state index in [9.17, 15) is 15.0 Å². The van der Waals surface area contributed by atoms with Gasteiger partial charge in [0.2, 0.25) is 0 Å². The minimum Gasteiger partial charge on any atom is -0.504 e. The molecule has 1 aliphatic heterocycles. The predicted molar refractivity (Wildman–Crippen MR) is 61.2 cm³/mol. The largest absolute Gasteiger partial charge is 0.504 e. The van der Waals surface area contributed by atoms with Gasteiger partial charge in [-0.2, -0.15) is 0 Å². The van der Waals surface area contributed by atoms with Crippen molar-refractivity contribution in [1.82, 2.24) is 4.90 Å². The van der Waals surface area contributed by atoms with E-state index in [-0.39, 0.29) is 11.7 Å². The molecule has 5 nitrogen and oxygen atoms in total. The van der Waals surface area contributed by atoms with Crippen LogP contribution in [0.1, 0.15) is 17.3 Å². The Kier molecular flexibility index (Phi) is 2.71. The van der Waals surface area contributed by atoms with Crippen molar-refractivity contribution in [2.75, 3.05) is 20.2 Å². The molecule has 92 valence electrons. The lowest BCUT2D eigenvalue weighted by molar-refractivity contribution is -0.0668. The van der Waals surface area contributed by atoms with Crippen LogP contribution in [-0.2, 0) is 0 Å². The molecule has 0 atom stereocenters. The van der Waals surface area contributed by atoms with Crippen molar-refractivity contribution < 1.29 is 19.7 Å². The number of amides is 1. The maximum atomic E-state index is 11.9. The minimum absolute atomic E-state index is 0.0642. The van der Waals surface area contributed by atoms with Crippen LogP contribution < -0.4 is 4.74 Å². The van der Waals surface area contributed by atoms with Crippen molar-refractivity contribution in [3.63, 3.8) is 0 Å². The van der Waals surface area contributed by atoms with E-state index in [0.717, 1.165) is 0 Å². The number of aliphatic hydroxyl groups is 1. The van der Waals surface area contributed by atoms with Gasteiger partial charge in [-0.3, -0.25) is 4.79 Å². The summed E-state index contributed by atoms with van der Waals surface area (Å²) in [5, 5.41) is 19.1. The third kappa shape index (κ3) is 2.19. The average Bonchev–Trinajstić information content (AvgIpc) is 2.24. The summed E-state index contributed by atoms with van der Waals surface area (Å²) in [6, 6.07) is 4.50. The molecule has 1 amide bonds. The molecule has 0 radical (unpaired) electrons. The topological polar surface area (TPSA) is 70.0 Å². The first-order valence-corrected chi connectivity index (χ1v) is 5.31. The summed E-state index contributed by atoms with van der Waals surface area (Å²) in [5.74, 6) is 0.0669. The second-order valence-corrected chi connectivity index (χ2v) is 4.54. The quantitative estimate of drug-likeness (QED) is 0.790. The monoisotopic (exact) mass is 237 g/mol. The number of methoxy groups -OCH3 is 1. The summed E-state index contributed by atoms with van der Waals surface area (Å²) in [6.07, 6.45) is 0. The number of phenolic OH excluding ortho intramolecular Hbond substituents is 1. The lowest BCUT2D eigenvalue weighted by atomic mass is 9.96. The number of nitrogens with zero attached hydrogens (tertiary/aromatic N) is 1. The highest BCUT2D eigenvalue weighted by Gasteiger charge is 2.39. The molecule has 1 heterocycles. The summed E-state index contributed by atoms with van der Waals surface area (Å²) in [7, 11) is 1.45. The third-order valence-corrected chi connectivity index (χ3v) is 2.78. The van der Waals surface area contributed by atoms with Crippen molar-refractivity contribution in [2.45, 2.75) is 12.5 Å². The Balaban J connectivity index is 2.13. The van der Waals surface area contributed by atoms with Crippen LogP contribution in [0.25, 0.3) is 0 Å². The van der Waals surface area contributed by atoms with Gasteiger partial charge in [0.05, 0.1) is 25.8 Å². The van der Waals surface area contributed by atoms with Crippen LogP contribution in [-0.4, -0.2) is 46.8 Å². The summed E-state index contributed by atoms with van der Waals surface area (Å²) in [4.78, 5) is 13.5. The van der Waals surface area contributed by atoms with E-state index in [1.54, 1.807) is 19.1 Å². The van der Waals surface area contributed by atoms with Crippen LogP contribution in [0.3, 0.4) is 0 Å². The number of likely N-dealkylation sites (tertiary alicyclic amines) is 1. The Morgan fingerprint density at radius 3 is 2.59 bits per heavy atom. The highest BCUT2D eigenvalue weighted by molar-refractivity contribution is 5.95. The lowest BCUT2D eigenvalue weighted by Crippen LogP contribution is -2.61. The number of carbonyl (C=O) groups is 1. The zero-order valence-corrected chi connectivity index (χ0v) is 9.80. The number of rotatable bonds is 2.